The minimum atomic E-state index is -0.422. The van der Waals surface area contributed by atoms with E-state index in [1.807, 2.05) is 48.5 Å². The van der Waals surface area contributed by atoms with E-state index < -0.39 is 6.17 Å². The fourth-order valence-corrected chi connectivity index (χ4v) is 6.37. The standard InChI is InChI=1S/C42H47N3O11/c1-47-28-13-14-30-29(23-28)42(46)44-41(43-30)25-12-15-32(34(18-25)48-2)54-16-10-8-9-11-17-55-40-37(51-5)19-26(20-38(40)52-6)31-24-33(56-45-31)27-21-35(49-3)39(53-7)36(22-27)50-4/h12-15,18-24,41,43H,8-11,16-17H2,1-7H3,(H,44,46). The number of carbonyl (C=O) groups is 1. The van der Waals surface area contributed by atoms with Crippen LogP contribution in [0.4, 0.5) is 5.69 Å². The predicted molar refractivity (Wildman–Crippen MR) is 209 cm³/mol. The molecule has 0 spiro atoms. The zero-order valence-electron chi connectivity index (χ0n) is 32.6. The van der Waals surface area contributed by atoms with Crippen LogP contribution in [-0.2, 0) is 0 Å². The Bertz CT molecular complexity index is 2080. The second-order valence-electron chi connectivity index (χ2n) is 12.7. The molecule has 5 aromatic rings. The van der Waals surface area contributed by atoms with Crippen LogP contribution in [0.5, 0.6) is 51.7 Å². The molecule has 0 aliphatic carbocycles. The van der Waals surface area contributed by atoms with Gasteiger partial charge in [-0.2, -0.15) is 0 Å². The van der Waals surface area contributed by atoms with Crippen LogP contribution in [0.1, 0.15) is 47.8 Å². The average Bonchev–Trinajstić information content (AvgIpc) is 3.74. The predicted octanol–water partition coefficient (Wildman–Crippen LogP) is 7.94. The number of nitrogens with zero attached hydrogens (tertiary/aromatic N) is 1. The van der Waals surface area contributed by atoms with E-state index in [0.29, 0.717) is 87.5 Å². The quantitative estimate of drug-likeness (QED) is 0.0783. The van der Waals surface area contributed by atoms with Gasteiger partial charge in [0.2, 0.25) is 11.5 Å². The second-order valence-corrected chi connectivity index (χ2v) is 12.7. The summed E-state index contributed by atoms with van der Waals surface area (Å²) in [6, 6.07) is 20.1. The van der Waals surface area contributed by atoms with Gasteiger partial charge in [-0.25, -0.2) is 0 Å². The minimum absolute atomic E-state index is 0.184. The Kier molecular flexibility index (Phi) is 12.8. The number of ether oxygens (including phenoxy) is 9. The van der Waals surface area contributed by atoms with Crippen molar-refractivity contribution in [2.75, 3.05) is 68.3 Å². The van der Waals surface area contributed by atoms with Gasteiger partial charge in [0.1, 0.15) is 17.6 Å². The van der Waals surface area contributed by atoms with E-state index in [1.165, 1.54) is 0 Å². The van der Waals surface area contributed by atoms with Crippen molar-refractivity contribution < 1.29 is 51.9 Å². The van der Waals surface area contributed by atoms with Gasteiger partial charge in [0.25, 0.3) is 5.91 Å². The fraction of sp³-hybridized carbons (Fsp3) is 0.333. The second kappa shape index (κ2) is 18.3. The molecule has 1 atom stereocenters. The van der Waals surface area contributed by atoms with Gasteiger partial charge in [-0.05, 0) is 85.8 Å². The van der Waals surface area contributed by atoms with Crippen LogP contribution >= 0.6 is 0 Å². The summed E-state index contributed by atoms with van der Waals surface area (Å²) in [6.07, 6.45) is 3.13. The topological polar surface area (TPSA) is 150 Å². The number of carbonyl (C=O) groups excluding carboxylic acids is 1. The molecular weight excluding hydrogens is 722 g/mol. The average molecular weight is 770 g/mol. The van der Waals surface area contributed by atoms with Crippen LogP contribution < -0.4 is 53.3 Å². The van der Waals surface area contributed by atoms with Gasteiger partial charge in [0.05, 0.1) is 68.5 Å². The van der Waals surface area contributed by atoms with Crippen molar-refractivity contribution in [3.63, 3.8) is 0 Å². The van der Waals surface area contributed by atoms with Gasteiger partial charge in [0, 0.05) is 22.9 Å². The van der Waals surface area contributed by atoms with E-state index in [2.05, 4.69) is 15.8 Å². The Morgan fingerprint density at radius 1 is 0.571 bits per heavy atom. The van der Waals surface area contributed by atoms with E-state index in [9.17, 15) is 4.79 Å². The third-order valence-electron chi connectivity index (χ3n) is 9.33. The van der Waals surface area contributed by atoms with Crippen molar-refractivity contribution in [2.24, 2.45) is 0 Å². The molecule has 296 valence electrons. The highest BCUT2D eigenvalue weighted by Crippen LogP contribution is 2.44. The normalized spacial score (nSPS) is 13.1. The summed E-state index contributed by atoms with van der Waals surface area (Å²) in [7, 11) is 11.0. The highest BCUT2D eigenvalue weighted by molar-refractivity contribution is 6.02. The molecule has 1 aromatic heterocycles. The molecule has 1 amide bonds. The zero-order valence-corrected chi connectivity index (χ0v) is 32.6. The van der Waals surface area contributed by atoms with E-state index in [0.717, 1.165) is 42.5 Å². The molecule has 4 aromatic carbocycles. The molecule has 1 aliphatic heterocycles. The number of methoxy groups -OCH3 is 7. The first kappa shape index (κ1) is 39.3. The zero-order chi connectivity index (χ0) is 39.6. The summed E-state index contributed by atoms with van der Waals surface area (Å²) in [5.41, 5.74) is 4.11. The molecule has 56 heavy (non-hydrogen) atoms. The lowest BCUT2D eigenvalue weighted by Gasteiger charge is -2.28. The monoisotopic (exact) mass is 769 g/mol. The molecule has 0 bridgehead atoms. The molecule has 2 N–H and O–H groups in total. The Morgan fingerprint density at radius 3 is 1.82 bits per heavy atom. The highest BCUT2D eigenvalue weighted by atomic mass is 16.5. The Balaban J connectivity index is 0.989. The van der Waals surface area contributed by atoms with Crippen LogP contribution in [0.25, 0.3) is 22.6 Å². The number of rotatable bonds is 19. The van der Waals surface area contributed by atoms with Gasteiger partial charge in [-0.1, -0.05) is 11.2 Å². The van der Waals surface area contributed by atoms with Crippen LogP contribution in [0, 0.1) is 0 Å². The molecule has 2 heterocycles. The third-order valence-corrected chi connectivity index (χ3v) is 9.33. The molecule has 0 fully saturated rings. The number of hydrogen-bond acceptors (Lipinski definition) is 13. The van der Waals surface area contributed by atoms with Crippen LogP contribution in [0.15, 0.2) is 71.3 Å². The van der Waals surface area contributed by atoms with Crippen LogP contribution in [0.2, 0.25) is 0 Å². The molecule has 14 heteroatoms. The number of aromatic nitrogens is 1. The first-order valence-electron chi connectivity index (χ1n) is 18.1. The minimum Gasteiger partial charge on any atom is -0.497 e. The van der Waals surface area contributed by atoms with Gasteiger partial charge in [-0.3, -0.25) is 4.79 Å². The molecule has 1 aliphatic rings. The van der Waals surface area contributed by atoms with Gasteiger partial charge in [-0.15, -0.1) is 0 Å². The molecule has 14 nitrogen and oxygen atoms in total. The maximum absolute atomic E-state index is 12.8. The van der Waals surface area contributed by atoms with Crippen LogP contribution in [-0.4, -0.2) is 74.0 Å². The number of hydrogen-bond donors (Lipinski definition) is 2. The largest absolute Gasteiger partial charge is 0.497 e. The molecule has 0 saturated carbocycles. The fourth-order valence-electron chi connectivity index (χ4n) is 6.37. The van der Waals surface area contributed by atoms with E-state index >= 15 is 0 Å². The summed E-state index contributed by atoms with van der Waals surface area (Å²) in [4.78, 5) is 12.8. The first-order valence-corrected chi connectivity index (χ1v) is 18.1. The Morgan fingerprint density at radius 2 is 1.20 bits per heavy atom. The molecule has 6 rings (SSSR count). The molecule has 0 saturated heterocycles. The Hall–Kier alpha value is -6.44. The first-order chi connectivity index (χ1) is 27.3. The van der Waals surface area contributed by atoms with Crippen molar-refractivity contribution in [2.45, 2.75) is 31.8 Å². The molecular formula is C42H47N3O11. The lowest BCUT2D eigenvalue weighted by atomic mass is 10.0. The maximum Gasteiger partial charge on any atom is 0.255 e. The van der Waals surface area contributed by atoms with E-state index in [-0.39, 0.29) is 5.91 Å². The van der Waals surface area contributed by atoms with Crippen molar-refractivity contribution in [3.05, 3.63) is 77.9 Å². The maximum atomic E-state index is 12.8. The number of benzene rings is 4. The smallest absolute Gasteiger partial charge is 0.255 e. The van der Waals surface area contributed by atoms with Gasteiger partial charge < -0.3 is 57.8 Å². The summed E-state index contributed by atoms with van der Waals surface area (Å²) in [6.45, 7) is 0.998. The summed E-state index contributed by atoms with van der Waals surface area (Å²) < 4.78 is 56.7. The van der Waals surface area contributed by atoms with Gasteiger partial charge in [0.15, 0.2) is 40.3 Å². The van der Waals surface area contributed by atoms with Crippen LogP contribution in [0.3, 0.4) is 0 Å². The SMILES string of the molecule is COc1ccc2c(c1)C(=O)NC(c1ccc(OCCCCCCOc3c(OC)cc(-c4cc(-c5cc(OC)c(OC)c(OC)c5)on4)cc3OC)c(OC)c1)N2. The van der Waals surface area contributed by atoms with Crippen molar-refractivity contribution in [1.29, 1.82) is 0 Å². The number of anilines is 1. The lowest BCUT2D eigenvalue weighted by Crippen LogP contribution is -2.38. The summed E-state index contributed by atoms with van der Waals surface area (Å²) in [5.74, 6) is 5.19. The summed E-state index contributed by atoms with van der Waals surface area (Å²) in [5, 5.41) is 10.7. The molecule has 0 radical (unpaired) electrons. The van der Waals surface area contributed by atoms with Gasteiger partial charge >= 0.3 is 0 Å². The highest BCUT2D eigenvalue weighted by Gasteiger charge is 2.26. The summed E-state index contributed by atoms with van der Waals surface area (Å²) >= 11 is 0. The third kappa shape index (κ3) is 8.59. The van der Waals surface area contributed by atoms with Crippen molar-refractivity contribution >= 4 is 11.6 Å². The van der Waals surface area contributed by atoms with Crippen molar-refractivity contribution in [1.82, 2.24) is 10.5 Å². The lowest BCUT2D eigenvalue weighted by molar-refractivity contribution is 0.0935. The number of unbranched alkanes of at least 4 members (excludes halogenated alkanes) is 3. The Labute approximate surface area is 325 Å². The van der Waals surface area contributed by atoms with E-state index in [1.54, 1.807) is 68.0 Å². The van der Waals surface area contributed by atoms with E-state index in [4.69, 9.17) is 47.2 Å². The van der Waals surface area contributed by atoms with Crippen molar-refractivity contribution in [3.8, 4) is 74.3 Å². The molecule has 1 unspecified atom stereocenters. The number of amides is 1. The number of nitrogens with one attached hydrogen (secondary N) is 2. The number of fused-ring (bicyclic) bond motifs is 1.